The number of aliphatic hydroxyl groups excluding tert-OH is 1. The van der Waals surface area contributed by atoms with Crippen molar-refractivity contribution in [1.29, 1.82) is 0 Å². The molecule has 7 heteroatoms. The first-order chi connectivity index (χ1) is 12.1. The van der Waals surface area contributed by atoms with Crippen LogP contribution in [0.5, 0.6) is 5.75 Å². The van der Waals surface area contributed by atoms with Crippen molar-refractivity contribution in [2.24, 2.45) is 0 Å². The molecule has 2 aromatic heterocycles. The Labute approximate surface area is 152 Å². The molecule has 0 aliphatic carbocycles. The summed E-state index contributed by atoms with van der Waals surface area (Å²) >= 11 is 2.96. The fourth-order valence-corrected chi connectivity index (χ4v) is 3.90. The van der Waals surface area contributed by atoms with E-state index in [1.807, 2.05) is 29.6 Å². The van der Waals surface area contributed by atoms with Crippen molar-refractivity contribution in [3.8, 4) is 5.75 Å². The Morgan fingerprint density at radius 1 is 1.16 bits per heavy atom. The molecule has 0 radical (unpaired) electrons. The fourth-order valence-electron chi connectivity index (χ4n) is 2.14. The van der Waals surface area contributed by atoms with Crippen molar-refractivity contribution in [2.45, 2.75) is 12.6 Å². The van der Waals surface area contributed by atoms with Crippen molar-refractivity contribution >= 4 is 28.6 Å². The van der Waals surface area contributed by atoms with E-state index in [-0.39, 0.29) is 18.3 Å². The maximum absolute atomic E-state index is 12.8. The standard InChI is InChI=1S/C18H16FNO3S2/c19-12-3-5-13(6-4-12)23-11-17(21)20-10-14-7-8-16(25-14)18(22)15-2-1-9-24-15/h1-9,18,22H,10-11H2,(H,20,21)/t18-/m1/s1. The number of aliphatic hydroxyl groups is 1. The third kappa shape index (κ3) is 4.88. The highest BCUT2D eigenvalue weighted by molar-refractivity contribution is 7.12. The first kappa shape index (κ1) is 17.6. The summed E-state index contributed by atoms with van der Waals surface area (Å²) in [5, 5.41) is 15.0. The van der Waals surface area contributed by atoms with Crippen LogP contribution in [0.4, 0.5) is 4.39 Å². The summed E-state index contributed by atoms with van der Waals surface area (Å²) in [5.41, 5.74) is 0. The summed E-state index contributed by atoms with van der Waals surface area (Å²) in [7, 11) is 0. The molecular weight excluding hydrogens is 361 g/mol. The third-order valence-electron chi connectivity index (χ3n) is 3.41. The number of hydrogen-bond donors (Lipinski definition) is 2. The van der Waals surface area contributed by atoms with Crippen LogP contribution in [0.2, 0.25) is 0 Å². The maximum Gasteiger partial charge on any atom is 0.258 e. The van der Waals surface area contributed by atoms with Crippen LogP contribution in [0.1, 0.15) is 20.7 Å². The van der Waals surface area contributed by atoms with Gasteiger partial charge in [0.15, 0.2) is 6.61 Å². The molecule has 0 aliphatic heterocycles. The van der Waals surface area contributed by atoms with E-state index in [9.17, 15) is 14.3 Å². The number of benzene rings is 1. The number of ether oxygens (including phenoxy) is 1. The zero-order valence-corrected chi connectivity index (χ0v) is 14.8. The zero-order valence-electron chi connectivity index (χ0n) is 13.1. The van der Waals surface area contributed by atoms with Crippen molar-refractivity contribution in [1.82, 2.24) is 5.32 Å². The zero-order chi connectivity index (χ0) is 17.6. The molecule has 2 N–H and O–H groups in total. The number of thiophene rings is 2. The molecule has 25 heavy (non-hydrogen) atoms. The van der Waals surface area contributed by atoms with Gasteiger partial charge < -0.3 is 15.2 Å². The van der Waals surface area contributed by atoms with Crippen molar-refractivity contribution in [2.75, 3.05) is 6.61 Å². The minimum Gasteiger partial charge on any atom is -0.484 e. The van der Waals surface area contributed by atoms with Gasteiger partial charge in [-0.25, -0.2) is 4.39 Å². The van der Waals surface area contributed by atoms with Gasteiger partial charge in [0.2, 0.25) is 0 Å². The average Bonchev–Trinajstić information content (AvgIpc) is 3.30. The molecule has 1 atom stereocenters. The van der Waals surface area contributed by atoms with Gasteiger partial charge >= 0.3 is 0 Å². The average molecular weight is 377 g/mol. The van der Waals surface area contributed by atoms with Crippen molar-refractivity contribution in [3.63, 3.8) is 0 Å². The Balaban J connectivity index is 1.47. The van der Waals surface area contributed by atoms with E-state index in [1.54, 1.807) is 0 Å². The van der Waals surface area contributed by atoms with Crippen molar-refractivity contribution in [3.05, 3.63) is 74.4 Å². The predicted octanol–water partition coefficient (Wildman–Crippen LogP) is 3.73. The van der Waals surface area contributed by atoms with E-state index in [1.165, 1.54) is 46.9 Å². The minimum absolute atomic E-state index is 0.137. The normalized spacial score (nSPS) is 11.9. The molecule has 1 aromatic carbocycles. The van der Waals surface area contributed by atoms with E-state index in [0.29, 0.717) is 12.3 Å². The Bertz CT molecular complexity index is 815. The largest absolute Gasteiger partial charge is 0.484 e. The molecule has 0 saturated carbocycles. The summed E-state index contributed by atoms with van der Waals surface area (Å²) in [6.45, 7) is 0.231. The molecule has 3 aromatic rings. The lowest BCUT2D eigenvalue weighted by Crippen LogP contribution is -2.28. The second kappa shape index (κ2) is 8.24. The number of amides is 1. The van der Waals surface area contributed by atoms with E-state index >= 15 is 0 Å². The SMILES string of the molecule is O=C(COc1ccc(F)cc1)NCc1ccc([C@H](O)c2cccs2)s1. The Kier molecular flexibility index (Phi) is 5.80. The molecule has 0 unspecified atom stereocenters. The van der Waals surface area contributed by atoms with Crippen LogP contribution in [0, 0.1) is 5.82 Å². The molecule has 0 aliphatic rings. The van der Waals surface area contributed by atoms with E-state index in [4.69, 9.17) is 4.74 Å². The quantitative estimate of drug-likeness (QED) is 0.660. The summed E-state index contributed by atoms with van der Waals surface area (Å²) in [5.74, 6) is -0.179. The van der Waals surface area contributed by atoms with Crippen molar-refractivity contribution < 1.29 is 19.0 Å². The molecule has 0 bridgehead atoms. The lowest BCUT2D eigenvalue weighted by Gasteiger charge is -2.07. The number of halogens is 1. The summed E-state index contributed by atoms with van der Waals surface area (Å²) in [6, 6.07) is 13.0. The molecule has 2 heterocycles. The summed E-state index contributed by atoms with van der Waals surface area (Å²) in [4.78, 5) is 14.5. The topological polar surface area (TPSA) is 58.6 Å². The first-order valence-electron chi connectivity index (χ1n) is 7.57. The van der Waals surface area contributed by atoms with Crippen LogP contribution in [0.25, 0.3) is 0 Å². The highest BCUT2D eigenvalue weighted by Crippen LogP contribution is 2.30. The molecule has 0 spiro atoms. The number of rotatable bonds is 7. The van der Waals surface area contributed by atoms with Gasteiger partial charge in [-0.1, -0.05) is 6.07 Å². The van der Waals surface area contributed by atoms with Crippen LogP contribution in [-0.4, -0.2) is 17.6 Å². The molecule has 4 nitrogen and oxygen atoms in total. The Hall–Kier alpha value is -2.22. The van der Waals surface area contributed by atoms with Gasteiger partial charge in [0, 0.05) is 14.6 Å². The lowest BCUT2D eigenvalue weighted by molar-refractivity contribution is -0.123. The third-order valence-corrected chi connectivity index (χ3v) is 5.47. The molecular formula is C18H16FNO3S2. The molecule has 3 rings (SSSR count). The number of hydrogen-bond acceptors (Lipinski definition) is 5. The second-order valence-corrected chi connectivity index (χ2v) is 7.42. The maximum atomic E-state index is 12.8. The number of carbonyl (C=O) groups excluding carboxylic acids is 1. The van der Waals surface area contributed by atoms with Crippen LogP contribution in [0.3, 0.4) is 0 Å². The minimum atomic E-state index is -0.628. The highest BCUT2D eigenvalue weighted by Gasteiger charge is 2.14. The monoisotopic (exact) mass is 377 g/mol. The van der Waals surface area contributed by atoms with Crippen LogP contribution in [0.15, 0.2) is 53.9 Å². The van der Waals surface area contributed by atoms with Gasteiger partial charge in [-0.05, 0) is 47.8 Å². The Morgan fingerprint density at radius 3 is 2.68 bits per heavy atom. The smallest absolute Gasteiger partial charge is 0.258 e. The van der Waals surface area contributed by atoms with Crippen LogP contribution in [-0.2, 0) is 11.3 Å². The predicted molar refractivity (Wildman–Crippen MR) is 96.4 cm³/mol. The molecule has 1 amide bonds. The van der Waals surface area contributed by atoms with Gasteiger partial charge in [0.25, 0.3) is 5.91 Å². The van der Waals surface area contributed by atoms with Gasteiger partial charge in [-0.15, -0.1) is 22.7 Å². The molecule has 0 fully saturated rings. The van der Waals surface area contributed by atoms with E-state index < -0.39 is 6.10 Å². The second-order valence-electron chi connectivity index (χ2n) is 5.24. The summed E-state index contributed by atoms with van der Waals surface area (Å²) < 4.78 is 18.1. The van der Waals surface area contributed by atoms with Crippen LogP contribution < -0.4 is 10.1 Å². The van der Waals surface area contributed by atoms with E-state index in [2.05, 4.69) is 5.32 Å². The first-order valence-corrected chi connectivity index (χ1v) is 9.26. The number of carbonyl (C=O) groups is 1. The van der Waals surface area contributed by atoms with Gasteiger partial charge in [0.1, 0.15) is 17.7 Å². The fraction of sp³-hybridized carbons (Fsp3) is 0.167. The molecule has 130 valence electrons. The highest BCUT2D eigenvalue weighted by atomic mass is 32.1. The summed E-state index contributed by atoms with van der Waals surface area (Å²) in [6.07, 6.45) is -0.628. The van der Waals surface area contributed by atoms with Gasteiger partial charge in [-0.3, -0.25) is 4.79 Å². The van der Waals surface area contributed by atoms with Gasteiger partial charge in [-0.2, -0.15) is 0 Å². The Morgan fingerprint density at radius 2 is 1.96 bits per heavy atom. The lowest BCUT2D eigenvalue weighted by atomic mass is 10.2. The van der Waals surface area contributed by atoms with Gasteiger partial charge in [0.05, 0.1) is 6.54 Å². The van der Waals surface area contributed by atoms with Crippen LogP contribution >= 0.6 is 22.7 Å². The molecule has 0 saturated heterocycles. The van der Waals surface area contributed by atoms with E-state index in [0.717, 1.165) is 14.6 Å². The number of nitrogens with one attached hydrogen (secondary N) is 1.